The van der Waals surface area contributed by atoms with Gasteiger partial charge in [-0.05, 0) is 18.6 Å². The van der Waals surface area contributed by atoms with Crippen molar-refractivity contribution in [2.75, 3.05) is 0 Å². The zero-order valence-electron chi connectivity index (χ0n) is 11.0. The molecule has 0 spiro atoms. The standard InChI is InChI=1S/C13H12F3N3O2/c1-2-4-7-5-3-6-8(17-7)10-18-11(20)9(12(21)19-10)13(14,15)16/h3,5-6H,2,4H2,1H3,(H2,18,19,20,21). The first kappa shape index (κ1) is 15.0. The van der Waals surface area contributed by atoms with Gasteiger partial charge in [-0.1, -0.05) is 19.4 Å². The molecular weight excluding hydrogens is 287 g/mol. The molecule has 0 aliphatic rings. The lowest BCUT2D eigenvalue weighted by atomic mass is 10.2. The van der Waals surface area contributed by atoms with E-state index in [4.69, 9.17) is 0 Å². The van der Waals surface area contributed by atoms with E-state index < -0.39 is 23.2 Å². The van der Waals surface area contributed by atoms with Crippen LogP contribution in [0.25, 0.3) is 11.5 Å². The van der Waals surface area contributed by atoms with Crippen molar-refractivity contribution in [3.8, 4) is 17.4 Å². The minimum atomic E-state index is -4.97. The second-order valence-corrected chi connectivity index (χ2v) is 4.38. The summed E-state index contributed by atoms with van der Waals surface area (Å²) in [7, 11) is 0. The summed E-state index contributed by atoms with van der Waals surface area (Å²) >= 11 is 0. The molecule has 0 amide bonds. The Labute approximate surface area is 117 Å². The summed E-state index contributed by atoms with van der Waals surface area (Å²) in [6, 6.07) is 4.90. The maximum atomic E-state index is 12.6. The predicted molar refractivity (Wildman–Crippen MR) is 68.8 cm³/mol. The van der Waals surface area contributed by atoms with Gasteiger partial charge in [-0.25, -0.2) is 4.98 Å². The maximum absolute atomic E-state index is 12.6. The molecule has 0 fully saturated rings. The van der Waals surface area contributed by atoms with Crippen molar-refractivity contribution in [3.63, 3.8) is 0 Å². The summed E-state index contributed by atoms with van der Waals surface area (Å²) in [6.45, 7) is 1.96. The van der Waals surface area contributed by atoms with Gasteiger partial charge in [0.25, 0.3) is 5.56 Å². The number of halogens is 3. The summed E-state index contributed by atoms with van der Waals surface area (Å²) < 4.78 is 37.7. The molecule has 5 nitrogen and oxygen atoms in total. The molecule has 2 N–H and O–H groups in total. The summed E-state index contributed by atoms with van der Waals surface area (Å²) in [5, 5.41) is 9.36. The van der Waals surface area contributed by atoms with Gasteiger partial charge in [-0.15, -0.1) is 0 Å². The van der Waals surface area contributed by atoms with Gasteiger partial charge < -0.3 is 10.1 Å². The highest BCUT2D eigenvalue weighted by atomic mass is 19.4. The van der Waals surface area contributed by atoms with E-state index in [1.54, 1.807) is 12.1 Å². The molecular formula is C13H12F3N3O2. The zero-order chi connectivity index (χ0) is 15.6. The van der Waals surface area contributed by atoms with Gasteiger partial charge in [0.2, 0.25) is 5.88 Å². The molecule has 21 heavy (non-hydrogen) atoms. The molecule has 2 aromatic rings. The van der Waals surface area contributed by atoms with E-state index in [0.717, 1.165) is 12.1 Å². The summed E-state index contributed by atoms with van der Waals surface area (Å²) in [4.78, 5) is 21.1. The molecule has 0 bridgehead atoms. The Hall–Kier alpha value is -2.38. The Kier molecular flexibility index (Phi) is 3.97. The van der Waals surface area contributed by atoms with Gasteiger partial charge in [0.1, 0.15) is 5.69 Å². The second-order valence-electron chi connectivity index (χ2n) is 4.38. The number of pyridine rings is 1. The van der Waals surface area contributed by atoms with Crippen LogP contribution in [0.4, 0.5) is 13.2 Å². The van der Waals surface area contributed by atoms with Crippen LogP contribution in [-0.4, -0.2) is 20.1 Å². The third-order valence-corrected chi connectivity index (χ3v) is 2.74. The lowest BCUT2D eigenvalue weighted by molar-refractivity contribution is -0.140. The highest BCUT2D eigenvalue weighted by Crippen LogP contribution is 2.32. The average molecular weight is 299 g/mol. The van der Waals surface area contributed by atoms with Crippen molar-refractivity contribution in [2.45, 2.75) is 25.9 Å². The van der Waals surface area contributed by atoms with Gasteiger partial charge >= 0.3 is 6.18 Å². The molecule has 2 aromatic heterocycles. The van der Waals surface area contributed by atoms with E-state index in [1.165, 1.54) is 6.07 Å². The molecule has 112 valence electrons. The number of H-pyrrole nitrogens is 1. The van der Waals surface area contributed by atoms with Crippen molar-refractivity contribution in [3.05, 3.63) is 39.8 Å². The first-order chi connectivity index (χ1) is 9.82. The molecule has 8 heteroatoms. The zero-order valence-corrected chi connectivity index (χ0v) is 11.0. The van der Waals surface area contributed by atoms with Crippen molar-refractivity contribution >= 4 is 0 Å². The molecule has 0 unspecified atom stereocenters. The van der Waals surface area contributed by atoms with Crippen LogP contribution in [0.1, 0.15) is 24.6 Å². The number of rotatable bonds is 3. The van der Waals surface area contributed by atoms with Gasteiger partial charge in [0.05, 0.1) is 0 Å². The van der Waals surface area contributed by atoms with Crippen molar-refractivity contribution in [1.29, 1.82) is 0 Å². The van der Waals surface area contributed by atoms with E-state index in [-0.39, 0.29) is 11.5 Å². The van der Waals surface area contributed by atoms with Crippen LogP contribution in [0.3, 0.4) is 0 Å². The van der Waals surface area contributed by atoms with E-state index in [2.05, 4.69) is 9.97 Å². The Morgan fingerprint density at radius 1 is 1.29 bits per heavy atom. The Balaban J connectivity index is 2.52. The first-order valence-electron chi connectivity index (χ1n) is 6.19. The number of aromatic nitrogens is 3. The van der Waals surface area contributed by atoms with E-state index in [0.29, 0.717) is 6.42 Å². The van der Waals surface area contributed by atoms with E-state index >= 15 is 0 Å². The number of aromatic hydroxyl groups is 1. The summed E-state index contributed by atoms with van der Waals surface area (Å²) in [6.07, 6.45) is -3.44. The van der Waals surface area contributed by atoms with E-state index in [9.17, 15) is 23.1 Å². The topological polar surface area (TPSA) is 78.9 Å². The summed E-state index contributed by atoms with van der Waals surface area (Å²) in [5.74, 6) is -1.56. The lowest BCUT2D eigenvalue weighted by Crippen LogP contribution is -2.23. The van der Waals surface area contributed by atoms with Crippen molar-refractivity contribution < 1.29 is 18.3 Å². The number of hydrogen-bond acceptors (Lipinski definition) is 4. The van der Waals surface area contributed by atoms with Crippen LogP contribution in [0.2, 0.25) is 0 Å². The number of nitrogens with zero attached hydrogens (tertiary/aromatic N) is 2. The van der Waals surface area contributed by atoms with Crippen molar-refractivity contribution in [2.24, 2.45) is 0 Å². The average Bonchev–Trinajstić information content (AvgIpc) is 2.37. The highest BCUT2D eigenvalue weighted by Gasteiger charge is 2.38. The minimum absolute atomic E-state index is 0.196. The predicted octanol–water partition coefficient (Wildman–Crippen LogP) is 2.51. The SMILES string of the molecule is CCCc1cccc(-c2nc(O)c(C(F)(F)F)c(=O)[nH]2)n1. The van der Waals surface area contributed by atoms with Crippen LogP contribution in [0.15, 0.2) is 23.0 Å². The number of nitrogens with one attached hydrogen (secondary N) is 1. The third kappa shape index (κ3) is 3.21. The summed E-state index contributed by atoms with van der Waals surface area (Å²) in [5.41, 5.74) is -2.25. The van der Waals surface area contributed by atoms with Crippen molar-refractivity contribution in [1.82, 2.24) is 15.0 Å². The van der Waals surface area contributed by atoms with E-state index in [1.807, 2.05) is 11.9 Å². The van der Waals surface area contributed by atoms with Gasteiger partial charge in [0, 0.05) is 5.69 Å². The first-order valence-corrected chi connectivity index (χ1v) is 6.19. The normalized spacial score (nSPS) is 11.6. The molecule has 0 aromatic carbocycles. The van der Waals surface area contributed by atoms with Gasteiger partial charge in [0.15, 0.2) is 11.4 Å². The fraction of sp³-hybridized carbons (Fsp3) is 0.308. The molecule has 0 saturated carbocycles. The fourth-order valence-corrected chi connectivity index (χ4v) is 1.84. The van der Waals surface area contributed by atoms with Gasteiger partial charge in [-0.2, -0.15) is 18.2 Å². The van der Waals surface area contributed by atoms with Gasteiger partial charge in [-0.3, -0.25) is 4.79 Å². The number of aromatic amines is 1. The van der Waals surface area contributed by atoms with Crippen LogP contribution in [0, 0.1) is 0 Å². The Bertz CT molecular complexity index is 711. The molecule has 0 radical (unpaired) electrons. The third-order valence-electron chi connectivity index (χ3n) is 2.74. The quantitative estimate of drug-likeness (QED) is 0.912. The minimum Gasteiger partial charge on any atom is -0.493 e. The Morgan fingerprint density at radius 2 is 2.00 bits per heavy atom. The van der Waals surface area contributed by atoms with Crippen LogP contribution < -0.4 is 5.56 Å². The maximum Gasteiger partial charge on any atom is 0.426 e. The van der Waals surface area contributed by atoms with Crippen LogP contribution >= 0.6 is 0 Å². The molecule has 0 aliphatic heterocycles. The number of hydrogen-bond donors (Lipinski definition) is 2. The molecule has 0 saturated heterocycles. The Morgan fingerprint density at radius 3 is 2.57 bits per heavy atom. The number of aryl methyl sites for hydroxylation is 1. The molecule has 2 rings (SSSR count). The van der Waals surface area contributed by atoms with Crippen LogP contribution in [0.5, 0.6) is 5.88 Å². The molecule has 2 heterocycles. The monoisotopic (exact) mass is 299 g/mol. The molecule has 0 aliphatic carbocycles. The molecule has 0 atom stereocenters. The highest BCUT2D eigenvalue weighted by molar-refractivity contribution is 5.50. The lowest BCUT2D eigenvalue weighted by Gasteiger charge is -2.09. The van der Waals surface area contributed by atoms with Crippen LogP contribution in [-0.2, 0) is 12.6 Å². The number of alkyl halides is 3. The smallest absolute Gasteiger partial charge is 0.426 e. The fourth-order valence-electron chi connectivity index (χ4n) is 1.84. The largest absolute Gasteiger partial charge is 0.493 e. The second kappa shape index (κ2) is 5.55.